The maximum absolute atomic E-state index is 4.56. The van der Waals surface area contributed by atoms with E-state index in [1.807, 2.05) is 0 Å². The lowest BCUT2D eigenvalue weighted by Crippen LogP contribution is -2.26. The predicted molar refractivity (Wildman–Crippen MR) is 98.8 cm³/mol. The number of rotatable bonds is 5. The zero-order valence-corrected chi connectivity index (χ0v) is 15.2. The molecule has 0 aromatic carbocycles. The van der Waals surface area contributed by atoms with E-state index in [1.54, 1.807) is 11.8 Å². The number of aryl methyl sites for hydroxylation is 1. The monoisotopic (exact) mass is 340 g/mol. The highest BCUT2D eigenvalue weighted by Gasteiger charge is 2.28. The van der Waals surface area contributed by atoms with Crippen molar-refractivity contribution in [3.8, 4) is 0 Å². The third kappa shape index (κ3) is 3.69. The van der Waals surface area contributed by atoms with Gasteiger partial charge in [-0.2, -0.15) is 5.10 Å². The molecule has 1 saturated carbocycles. The maximum Gasteiger partial charge on any atom is 0.177 e. The highest BCUT2D eigenvalue weighted by molar-refractivity contribution is 8.14. The molecule has 2 heterocycles. The Bertz CT molecular complexity index is 587. The number of nitrogens with one attached hydrogen (secondary N) is 1. The van der Waals surface area contributed by atoms with Gasteiger partial charge in [0.05, 0.1) is 5.71 Å². The molecule has 0 atom stereocenters. The van der Waals surface area contributed by atoms with Crippen molar-refractivity contribution in [2.45, 2.75) is 52.5 Å². The number of hydrogen-bond donors (Lipinski definition) is 1. The van der Waals surface area contributed by atoms with Crippen LogP contribution in [0.2, 0.25) is 0 Å². The van der Waals surface area contributed by atoms with Crippen LogP contribution < -0.4 is 5.43 Å². The minimum absolute atomic E-state index is 0. The summed E-state index contributed by atoms with van der Waals surface area (Å²) in [5.74, 6) is 0.910. The summed E-state index contributed by atoms with van der Waals surface area (Å²) in [6.07, 6.45) is 4.97. The van der Waals surface area contributed by atoms with Gasteiger partial charge in [0.25, 0.3) is 0 Å². The van der Waals surface area contributed by atoms with Crippen molar-refractivity contribution in [3.05, 3.63) is 23.0 Å². The van der Waals surface area contributed by atoms with Crippen molar-refractivity contribution in [2.24, 2.45) is 10.1 Å². The van der Waals surface area contributed by atoms with Gasteiger partial charge < -0.3 is 4.57 Å². The molecule has 122 valence electrons. The normalized spacial score (nSPS) is 19.6. The lowest BCUT2D eigenvalue weighted by Gasteiger charge is -2.15. The van der Waals surface area contributed by atoms with Crippen LogP contribution in [0.15, 0.2) is 16.2 Å². The van der Waals surface area contributed by atoms with Crippen LogP contribution in [0, 0.1) is 13.8 Å². The van der Waals surface area contributed by atoms with E-state index in [-0.39, 0.29) is 12.4 Å². The van der Waals surface area contributed by atoms with Crippen molar-refractivity contribution < 1.29 is 0 Å². The van der Waals surface area contributed by atoms with Crippen molar-refractivity contribution >= 4 is 35.0 Å². The molecular formula is C16H25ClN4S. The number of unbranched alkanes of at least 4 members (excludes halogenated alkanes) is 1. The van der Waals surface area contributed by atoms with Crippen molar-refractivity contribution in [1.29, 1.82) is 0 Å². The quantitative estimate of drug-likeness (QED) is 0.821. The van der Waals surface area contributed by atoms with Gasteiger partial charge in [-0.1, -0.05) is 25.1 Å². The Morgan fingerprint density at radius 1 is 1.41 bits per heavy atom. The van der Waals surface area contributed by atoms with Crippen molar-refractivity contribution in [1.82, 2.24) is 9.99 Å². The summed E-state index contributed by atoms with van der Waals surface area (Å²) in [7, 11) is 0. The Hall–Kier alpha value is -0.940. The fourth-order valence-electron chi connectivity index (χ4n) is 2.84. The van der Waals surface area contributed by atoms with Crippen LogP contribution in [0.3, 0.4) is 0 Å². The van der Waals surface area contributed by atoms with Crippen molar-refractivity contribution in [3.63, 3.8) is 0 Å². The molecule has 0 radical (unpaired) electrons. The van der Waals surface area contributed by atoms with Crippen LogP contribution in [0.4, 0.5) is 0 Å². The number of aliphatic imine (C=N–C) groups is 1. The average molecular weight is 341 g/mol. The first-order chi connectivity index (χ1) is 10.2. The molecule has 6 heteroatoms. The van der Waals surface area contributed by atoms with Gasteiger partial charge in [-0.05, 0) is 39.2 Å². The van der Waals surface area contributed by atoms with E-state index in [9.17, 15) is 0 Å². The number of amidine groups is 1. The molecule has 22 heavy (non-hydrogen) atoms. The molecule has 0 unspecified atom stereocenters. The number of thioether (sulfide) groups is 1. The Morgan fingerprint density at radius 2 is 2.18 bits per heavy atom. The van der Waals surface area contributed by atoms with E-state index in [1.165, 1.54) is 36.2 Å². The second kappa shape index (κ2) is 7.55. The van der Waals surface area contributed by atoms with E-state index in [0.29, 0.717) is 0 Å². The van der Waals surface area contributed by atoms with Gasteiger partial charge in [0, 0.05) is 35.3 Å². The number of hydrogen-bond acceptors (Lipinski definition) is 3. The van der Waals surface area contributed by atoms with Gasteiger partial charge in [-0.25, -0.2) is 0 Å². The molecule has 4 nitrogen and oxygen atoms in total. The zero-order chi connectivity index (χ0) is 14.8. The average Bonchev–Trinajstić information content (AvgIpc) is 3.26. The fourth-order valence-corrected chi connectivity index (χ4v) is 3.62. The van der Waals surface area contributed by atoms with E-state index < -0.39 is 0 Å². The molecule has 3 rings (SSSR count). The molecule has 0 amide bonds. The molecule has 1 aromatic heterocycles. The Kier molecular flexibility index (Phi) is 5.98. The van der Waals surface area contributed by atoms with Gasteiger partial charge in [-0.3, -0.25) is 10.4 Å². The standard InChI is InChI=1S/C16H24N4S.ClH/c1-4-5-8-17-16-19-18-15(10-21-16)14-9-11(2)20(12(14)3)13-6-7-13;/h9,13H,4-8,10H2,1-3H3,(H,17,19);1H. The van der Waals surface area contributed by atoms with Gasteiger partial charge in [0.2, 0.25) is 0 Å². The number of nitrogens with zero attached hydrogens (tertiary/aromatic N) is 3. The van der Waals surface area contributed by atoms with Crippen LogP contribution in [-0.4, -0.2) is 27.7 Å². The second-order valence-corrected chi connectivity index (χ2v) is 6.85. The Labute approximate surface area is 143 Å². The van der Waals surface area contributed by atoms with E-state index in [4.69, 9.17) is 0 Å². The lowest BCUT2D eigenvalue weighted by atomic mass is 10.1. The van der Waals surface area contributed by atoms with Crippen LogP contribution in [0.5, 0.6) is 0 Å². The predicted octanol–water partition coefficient (Wildman–Crippen LogP) is 4.06. The van der Waals surface area contributed by atoms with Gasteiger partial charge >= 0.3 is 0 Å². The molecule has 1 N–H and O–H groups in total. The van der Waals surface area contributed by atoms with Crippen LogP contribution in [-0.2, 0) is 0 Å². The highest BCUT2D eigenvalue weighted by atomic mass is 35.5. The van der Waals surface area contributed by atoms with Gasteiger partial charge in [-0.15, -0.1) is 12.4 Å². The number of aromatic nitrogens is 1. The molecule has 0 spiro atoms. The second-order valence-electron chi connectivity index (χ2n) is 5.89. The van der Waals surface area contributed by atoms with Crippen molar-refractivity contribution in [2.75, 3.05) is 12.3 Å². The molecule has 1 fully saturated rings. The van der Waals surface area contributed by atoms with E-state index >= 15 is 0 Å². The summed E-state index contributed by atoms with van der Waals surface area (Å²) >= 11 is 1.76. The molecule has 1 aliphatic carbocycles. The number of halogens is 1. The first kappa shape index (κ1) is 17.4. The zero-order valence-electron chi connectivity index (χ0n) is 13.6. The third-order valence-electron chi connectivity index (χ3n) is 4.11. The minimum atomic E-state index is 0. The summed E-state index contributed by atoms with van der Waals surface area (Å²) in [6, 6.07) is 3.02. The first-order valence-electron chi connectivity index (χ1n) is 7.89. The summed E-state index contributed by atoms with van der Waals surface area (Å²) < 4.78 is 2.48. The summed E-state index contributed by atoms with van der Waals surface area (Å²) in [4.78, 5) is 4.54. The maximum atomic E-state index is 4.56. The van der Waals surface area contributed by atoms with Crippen LogP contribution >= 0.6 is 24.2 Å². The summed E-state index contributed by atoms with van der Waals surface area (Å²) in [5.41, 5.74) is 8.29. The SMILES string of the molecule is CCCCN=C1NN=C(c2cc(C)n(C3CC3)c2C)CS1.Cl. The molecule has 0 bridgehead atoms. The molecular weight excluding hydrogens is 316 g/mol. The Morgan fingerprint density at radius 3 is 2.77 bits per heavy atom. The number of hydrazone groups is 1. The Balaban J connectivity index is 0.00000176. The van der Waals surface area contributed by atoms with E-state index in [2.05, 4.69) is 46.9 Å². The largest absolute Gasteiger partial charge is 0.345 e. The van der Waals surface area contributed by atoms with Crippen LogP contribution in [0.25, 0.3) is 0 Å². The molecule has 0 saturated heterocycles. The smallest absolute Gasteiger partial charge is 0.177 e. The lowest BCUT2D eigenvalue weighted by molar-refractivity contribution is 0.699. The van der Waals surface area contributed by atoms with Gasteiger partial charge in [0.1, 0.15) is 0 Å². The first-order valence-corrected chi connectivity index (χ1v) is 8.88. The summed E-state index contributed by atoms with van der Waals surface area (Å²) in [5, 5.41) is 5.52. The molecule has 2 aliphatic rings. The molecule has 1 aromatic rings. The third-order valence-corrected chi connectivity index (χ3v) is 5.02. The minimum Gasteiger partial charge on any atom is -0.345 e. The van der Waals surface area contributed by atoms with Crippen LogP contribution in [0.1, 0.15) is 55.6 Å². The van der Waals surface area contributed by atoms with Gasteiger partial charge in [0.15, 0.2) is 5.17 Å². The molecule has 1 aliphatic heterocycles. The highest BCUT2D eigenvalue weighted by Crippen LogP contribution is 2.38. The van der Waals surface area contributed by atoms with E-state index in [0.717, 1.165) is 35.6 Å². The fraction of sp³-hybridized carbons (Fsp3) is 0.625. The topological polar surface area (TPSA) is 41.7 Å². The summed E-state index contributed by atoms with van der Waals surface area (Å²) in [6.45, 7) is 7.51.